The van der Waals surface area contributed by atoms with E-state index in [0.717, 1.165) is 21.9 Å². The van der Waals surface area contributed by atoms with Gasteiger partial charge in [-0.25, -0.2) is 8.42 Å². The van der Waals surface area contributed by atoms with E-state index in [1.54, 1.807) is 54.6 Å². The highest BCUT2D eigenvalue weighted by Crippen LogP contribution is 2.26. The first-order chi connectivity index (χ1) is 12.9. The van der Waals surface area contributed by atoms with Gasteiger partial charge in [-0.05, 0) is 55.3 Å². The van der Waals surface area contributed by atoms with Crippen molar-refractivity contribution in [2.45, 2.75) is 25.2 Å². The lowest BCUT2D eigenvalue weighted by Gasteiger charge is -2.23. The second-order valence-corrected chi connectivity index (χ2v) is 8.06. The van der Waals surface area contributed by atoms with Crippen LogP contribution in [-0.4, -0.2) is 14.3 Å². The van der Waals surface area contributed by atoms with Crippen LogP contribution in [0.25, 0.3) is 0 Å². The van der Waals surface area contributed by atoms with Crippen molar-refractivity contribution in [2.24, 2.45) is 0 Å². The Balaban J connectivity index is 2.13. The second kappa shape index (κ2) is 7.76. The van der Waals surface area contributed by atoms with Crippen LogP contribution < -0.4 is 4.31 Å². The molecule has 0 bridgehead atoms. The van der Waals surface area contributed by atoms with Crippen molar-refractivity contribution >= 4 is 21.6 Å². The van der Waals surface area contributed by atoms with Crippen molar-refractivity contribution in [2.75, 3.05) is 4.31 Å². The van der Waals surface area contributed by atoms with Gasteiger partial charge in [0, 0.05) is 5.56 Å². The first-order valence-corrected chi connectivity index (χ1v) is 10.2. The smallest absolute Gasteiger partial charge is 0.268 e. The van der Waals surface area contributed by atoms with Gasteiger partial charge in [0.05, 0.1) is 10.6 Å². The quantitative estimate of drug-likeness (QED) is 0.651. The van der Waals surface area contributed by atoms with Crippen LogP contribution in [0, 0.1) is 6.92 Å². The molecule has 0 aromatic heterocycles. The maximum atomic E-state index is 13.3. The van der Waals surface area contributed by atoms with E-state index >= 15 is 0 Å². The largest absolute Gasteiger partial charge is 0.272 e. The Kier molecular flexibility index (Phi) is 5.42. The normalized spacial score (nSPS) is 11.2. The van der Waals surface area contributed by atoms with Gasteiger partial charge in [-0.15, -0.1) is 0 Å². The third kappa shape index (κ3) is 3.93. The minimum absolute atomic E-state index is 0.0741. The summed E-state index contributed by atoms with van der Waals surface area (Å²) in [5, 5.41) is 0. The lowest BCUT2D eigenvalue weighted by molar-refractivity contribution is 0.101. The minimum atomic E-state index is -4.05. The molecule has 0 aliphatic heterocycles. The van der Waals surface area contributed by atoms with Crippen molar-refractivity contribution in [3.05, 3.63) is 95.6 Å². The second-order valence-electron chi connectivity index (χ2n) is 6.27. The molecule has 4 nitrogen and oxygen atoms in total. The first-order valence-electron chi connectivity index (χ1n) is 8.74. The summed E-state index contributed by atoms with van der Waals surface area (Å²) in [6, 6.07) is 21.9. The summed E-state index contributed by atoms with van der Waals surface area (Å²) < 4.78 is 27.4. The Hall–Kier alpha value is -2.92. The number of benzene rings is 3. The van der Waals surface area contributed by atoms with Gasteiger partial charge in [0.1, 0.15) is 0 Å². The summed E-state index contributed by atoms with van der Waals surface area (Å²) in [4.78, 5) is 13.3. The van der Waals surface area contributed by atoms with Gasteiger partial charge < -0.3 is 0 Å². The fourth-order valence-corrected chi connectivity index (χ4v) is 4.18. The Morgan fingerprint density at radius 3 is 2.00 bits per heavy atom. The van der Waals surface area contributed by atoms with E-state index in [1.165, 1.54) is 12.1 Å². The lowest BCUT2D eigenvalue weighted by Crippen LogP contribution is -2.37. The maximum Gasteiger partial charge on any atom is 0.272 e. The van der Waals surface area contributed by atoms with Gasteiger partial charge in [0.25, 0.3) is 15.9 Å². The molecule has 27 heavy (non-hydrogen) atoms. The minimum Gasteiger partial charge on any atom is -0.268 e. The van der Waals surface area contributed by atoms with Gasteiger partial charge >= 0.3 is 0 Å². The highest BCUT2D eigenvalue weighted by molar-refractivity contribution is 7.93. The standard InChI is InChI=1S/C22H21NO3S/c1-3-18-11-15-20(16-12-18)23(22(24)19-13-9-17(2)10-14-19)27(25,26)21-7-5-4-6-8-21/h4-16H,3H2,1-2H3. The van der Waals surface area contributed by atoms with Gasteiger partial charge in [0.2, 0.25) is 0 Å². The zero-order valence-electron chi connectivity index (χ0n) is 15.3. The van der Waals surface area contributed by atoms with Crippen molar-refractivity contribution in [3.63, 3.8) is 0 Å². The van der Waals surface area contributed by atoms with E-state index in [9.17, 15) is 13.2 Å². The number of carbonyl (C=O) groups excluding carboxylic acids is 1. The van der Waals surface area contributed by atoms with Crippen LogP contribution in [0.15, 0.2) is 83.8 Å². The molecule has 3 aromatic carbocycles. The van der Waals surface area contributed by atoms with Crippen molar-refractivity contribution in [1.29, 1.82) is 0 Å². The van der Waals surface area contributed by atoms with Crippen molar-refractivity contribution in [3.8, 4) is 0 Å². The average molecular weight is 379 g/mol. The summed E-state index contributed by atoms with van der Waals surface area (Å²) >= 11 is 0. The van der Waals surface area contributed by atoms with E-state index in [0.29, 0.717) is 11.3 Å². The third-order valence-corrected chi connectivity index (χ3v) is 6.07. The molecule has 1 amide bonds. The average Bonchev–Trinajstić information content (AvgIpc) is 2.69. The van der Waals surface area contributed by atoms with E-state index in [-0.39, 0.29) is 4.90 Å². The summed E-state index contributed by atoms with van der Waals surface area (Å²) in [5.74, 6) is -0.580. The molecule has 0 atom stereocenters. The Bertz CT molecular complexity index is 1030. The summed E-state index contributed by atoms with van der Waals surface area (Å²) in [6.07, 6.45) is 0.831. The van der Waals surface area contributed by atoms with Gasteiger partial charge in [-0.3, -0.25) is 4.79 Å². The molecule has 0 aliphatic rings. The lowest BCUT2D eigenvalue weighted by atomic mass is 10.1. The van der Waals surface area contributed by atoms with Crippen LogP contribution in [0.3, 0.4) is 0 Å². The van der Waals surface area contributed by atoms with Crippen molar-refractivity contribution < 1.29 is 13.2 Å². The highest BCUT2D eigenvalue weighted by atomic mass is 32.2. The van der Waals surface area contributed by atoms with Crippen LogP contribution >= 0.6 is 0 Å². The summed E-state index contributed by atoms with van der Waals surface area (Å²) in [6.45, 7) is 3.93. The number of amides is 1. The van der Waals surface area contributed by atoms with E-state index in [4.69, 9.17) is 0 Å². The SMILES string of the molecule is CCc1ccc(N(C(=O)c2ccc(C)cc2)S(=O)(=O)c2ccccc2)cc1. The summed E-state index contributed by atoms with van der Waals surface area (Å²) in [7, 11) is -4.05. The Morgan fingerprint density at radius 1 is 0.852 bits per heavy atom. The highest BCUT2D eigenvalue weighted by Gasteiger charge is 2.31. The first kappa shape index (κ1) is 18.9. The maximum absolute atomic E-state index is 13.3. The molecule has 138 valence electrons. The predicted molar refractivity (Wildman–Crippen MR) is 107 cm³/mol. The molecule has 0 radical (unpaired) electrons. The molecular weight excluding hydrogens is 358 g/mol. The molecule has 0 fully saturated rings. The Labute approximate surface area is 160 Å². The molecule has 0 spiro atoms. The number of hydrogen-bond donors (Lipinski definition) is 0. The zero-order chi connectivity index (χ0) is 19.4. The molecule has 3 rings (SSSR count). The fourth-order valence-electron chi connectivity index (χ4n) is 2.74. The van der Waals surface area contributed by atoms with E-state index < -0.39 is 15.9 Å². The topological polar surface area (TPSA) is 54.5 Å². The van der Waals surface area contributed by atoms with Crippen LogP contribution in [0.2, 0.25) is 0 Å². The molecule has 0 saturated carbocycles. The molecular formula is C22H21NO3S. The third-order valence-electron chi connectivity index (χ3n) is 4.34. The number of aryl methyl sites for hydroxylation is 2. The molecule has 3 aromatic rings. The van der Waals surface area contributed by atoms with Crippen LogP contribution in [0.1, 0.15) is 28.4 Å². The molecule has 0 aliphatic carbocycles. The number of carbonyl (C=O) groups is 1. The monoisotopic (exact) mass is 379 g/mol. The summed E-state index contributed by atoms with van der Waals surface area (Å²) in [5.41, 5.74) is 2.70. The predicted octanol–water partition coefficient (Wildman–Crippen LogP) is 4.59. The van der Waals surface area contributed by atoms with Crippen molar-refractivity contribution in [1.82, 2.24) is 0 Å². The van der Waals surface area contributed by atoms with E-state index in [2.05, 4.69) is 0 Å². The molecule has 0 N–H and O–H groups in total. The van der Waals surface area contributed by atoms with Gasteiger partial charge in [0.15, 0.2) is 0 Å². The van der Waals surface area contributed by atoms with E-state index in [1.807, 2.05) is 26.0 Å². The zero-order valence-corrected chi connectivity index (χ0v) is 16.1. The number of anilines is 1. The van der Waals surface area contributed by atoms with Crippen LogP contribution in [-0.2, 0) is 16.4 Å². The number of hydrogen-bond acceptors (Lipinski definition) is 3. The fraction of sp³-hybridized carbons (Fsp3) is 0.136. The van der Waals surface area contributed by atoms with Gasteiger partial charge in [-0.1, -0.05) is 55.0 Å². The molecule has 0 unspecified atom stereocenters. The number of sulfonamides is 1. The van der Waals surface area contributed by atoms with Crippen LogP contribution in [0.5, 0.6) is 0 Å². The number of nitrogens with zero attached hydrogens (tertiary/aromatic N) is 1. The number of rotatable bonds is 5. The molecule has 5 heteroatoms. The molecule has 0 heterocycles. The Morgan fingerprint density at radius 2 is 1.44 bits per heavy atom. The van der Waals surface area contributed by atoms with Crippen LogP contribution in [0.4, 0.5) is 5.69 Å². The molecule has 0 saturated heterocycles. The van der Waals surface area contributed by atoms with Gasteiger partial charge in [-0.2, -0.15) is 4.31 Å².